The number of nitrogens with one attached hydrogen (secondary N) is 2. The van der Waals surface area contributed by atoms with Gasteiger partial charge in [-0.3, -0.25) is 4.99 Å². The number of carbonyl (C=O) groups is 1. The van der Waals surface area contributed by atoms with Crippen molar-refractivity contribution in [3.63, 3.8) is 0 Å². The maximum atomic E-state index is 12.1. The highest BCUT2D eigenvalue weighted by molar-refractivity contribution is 14.0. The molecule has 3 rings (SSSR count). The van der Waals surface area contributed by atoms with Crippen molar-refractivity contribution >= 4 is 47.2 Å². The highest BCUT2D eigenvalue weighted by atomic mass is 127. The summed E-state index contributed by atoms with van der Waals surface area (Å²) >= 11 is 1.37. The van der Waals surface area contributed by atoms with Crippen LogP contribution in [0.15, 0.2) is 29.3 Å². The lowest BCUT2D eigenvalue weighted by atomic mass is 9.92. The Morgan fingerprint density at radius 2 is 2.03 bits per heavy atom. The number of ether oxygens (including phenoxy) is 1. The zero-order chi connectivity index (χ0) is 21.0. The Bertz CT molecular complexity index is 908. The first kappa shape index (κ1) is 24.6. The smallest absolute Gasteiger partial charge is 0.350 e. The van der Waals surface area contributed by atoms with Crippen LogP contribution in [0.5, 0.6) is 0 Å². The van der Waals surface area contributed by atoms with E-state index in [-0.39, 0.29) is 41.4 Å². The van der Waals surface area contributed by atoms with Gasteiger partial charge in [-0.1, -0.05) is 24.3 Å². The molecule has 1 aliphatic rings. The molecule has 6 nitrogen and oxygen atoms in total. The Hall–Kier alpha value is -1.68. The fourth-order valence-corrected chi connectivity index (χ4v) is 4.53. The SMILES string of the molecule is CCOC(=O)c1sc(C(C)NC(=NC)NCC2(c3ccccc3C)CC2)nc1C.I. The Morgan fingerprint density at radius 3 is 2.63 bits per heavy atom. The summed E-state index contributed by atoms with van der Waals surface area (Å²) in [5, 5.41) is 7.72. The number of aliphatic imine (C=N–C) groups is 1. The number of halogens is 1. The number of hydrogen-bond acceptors (Lipinski definition) is 5. The van der Waals surface area contributed by atoms with Gasteiger partial charge in [0.15, 0.2) is 5.96 Å². The number of benzene rings is 1. The van der Waals surface area contributed by atoms with Gasteiger partial charge in [-0.05, 0) is 51.7 Å². The van der Waals surface area contributed by atoms with Crippen molar-refractivity contribution in [1.29, 1.82) is 0 Å². The van der Waals surface area contributed by atoms with E-state index in [2.05, 4.69) is 51.8 Å². The van der Waals surface area contributed by atoms with Crippen LogP contribution in [0, 0.1) is 13.8 Å². The molecule has 2 N–H and O–H groups in total. The number of aromatic nitrogens is 1. The van der Waals surface area contributed by atoms with Crippen LogP contribution in [0.25, 0.3) is 0 Å². The summed E-state index contributed by atoms with van der Waals surface area (Å²) in [6.45, 7) is 9.04. The van der Waals surface area contributed by atoms with Crippen LogP contribution in [-0.4, -0.2) is 37.1 Å². The number of nitrogens with zero attached hydrogens (tertiary/aromatic N) is 2. The van der Waals surface area contributed by atoms with E-state index in [0.717, 1.165) is 17.5 Å². The molecule has 1 saturated carbocycles. The average Bonchev–Trinajstić information content (AvgIpc) is 3.39. The number of carbonyl (C=O) groups excluding carboxylic acids is 1. The van der Waals surface area contributed by atoms with E-state index in [4.69, 9.17) is 4.74 Å². The van der Waals surface area contributed by atoms with Gasteiger partial charge < -0.3 is 15.4 Å². The molecule has 0 bridgehead atoms. The van der Waals surface area contributed by atoms with E-state index in [0.29, 0.717) is 17.2 Å². The molecule has 1 heterocycles. The molecule has 0 amide bonds. The summed E-state index contributed by atoms with van der Waals surface area (Å²) in [6.07, 6.45) is 2.37. The molecule has 30 heavy (non-hydrogen) atoms. The van der Waals surface area contributed by atoms with E-state index < -0.39 is 0 Å². The molecular formula is C22H31IN4O2S. The highest BCUT2D eigenvalue weighted by Crippen LogP contribution is 2.48. The maximum absolute atomic E-state index is 12.1. The van der Waals surface area contributed by atoms with Crippen LogP contribution in [0.4, 0.5) is 0 Å². The molecule has 1 aliphatic carbocycles. The molecular weight excluding hydrogens is 511 g/mol. The maximum Gasteiger partial charge on any atom is 0.350 e. The van der Waals surface area contributed by atoms with Crippen LogP contribution in [0.2, 0.25) is 0 Å². The summed E-state index contributed by atoms with van der Waals surface area (Å²) in [5.41, 5.74) is 3.66. The van der Waals surface area contributed by atoms with Crippen LogP contribution in [0.1, 0.15) is 64.2 Å². The second kappa shape index (κ2) is 10.6. The van der Waals surface area contributed by atoms with Gasteiger partial charge in [-0.15, -0.1) is 35.3 Å². The number of aryl methyl sites for hydroxylation is 2. The Labute approximate surface area is 200 Å². The van der Waals surface area contributed by atoms with Crippen LogP contribution in [0.3, 0.4) is 0 Å². The molecule has 2 aromatic rings. The van der Waals surface area contributed by atoms with Gasteiger partial charge in [-0.25, -0.2) is 9.78 Å². The normalized spacial score (nSPS) is 15.7. The largest absolute Gasteiger partial charge is 0.462 e. The molecule has 0 spiro atoms. The third kappa shape index (κ3) is 5.51. The van der Waals surface area contributed by atoms with Gasteiger partial charge in [0.2, 0.25) is 0 Å². The van der Waals surface area contributed by atoms with Crippen molar-refractivity contribution < 1.29 is 9.53 Å². The van der Waals surface area contributed by atoms with Gasteiger partial charge >= 0.3 is 5.97 Å². The number of guanidine groups is 1. The van der Waals surface area contributed by atoms with Gasteiger partial charge in [0.25, 0.3) is 0 Å². The van der Waals surface area contributed by atoms with Crippen molar-refractivity contribution in [1.82, 2.24) is 15.6 Å². The number of hydrogen-bond donors (Lipinski definition) is 2. The zero-order valence-electron chi connectivity index (χ0n) is 18.2. The minimum Gasteiger partial charge on any atom is -0.462 e. The zero-order valence-corrected chi connectivity index (χ0v) is 21.4. The standard InChI is InChI=1S/C22H30N4O2S.HI/c1-6-28-20(27)18-15(3)25-19(29-18)16(4)26-21(23-5)24-13-22(11-12-22)17-10-8-7-9-14(17)2;/h7-10,16H,6,11-13H2,1-5H3,(H2,23,24,26);1H. The predicted molar refractivity (Wildman–Crippen MR) is 133 cm³/mol. The van der Waals surface area contributed by atoms with Gasteiger partial charge in [0.05, 0.1) is 18.3 Å². The summed E-state index contributed by atoms with van der Waals surface area (Å²) in [4.78, 5) is 21.5. The summed E-state index contributed by atoms with van der Waals surface area (Å²) in [6, 6.07) is 8.55. The molecule has 1 fully saturated rings. The molecule has 0 radical (unpaired) electrons. The third-order valence-electron chi connectivity index (χ3n) is 5.39. The molecule has 8 heteroatoms. The van der Waals surface area contributed by atoms with E-state index in [1.165, 1.54) is 35.3 Å². The summed E-state index contributed by atoms with van der Waals surface area (Å²) in [7, 11) is 1.77. The highest BCUT2D eigenvalue weighted by Gasteiger charge is 2.44. The first-order valence-electron chi connectivity index (χ1n) is 10.1. The van der Waals surface area contributed by atoms with Crippen molar-refractivity contribution in [3.05, 3.63) is 51.0 Å². The summed E-state index contributed by atoms with van der Waals surface area (Å²) < 4.78 is 5.11. The van der Waals surface area contributed by atoms with Gasteiger partial charge in [-0.2, -0.15) is 0 Å². The van der Waals surface area contributed by atoms with E-state index in [1.54, 1.807) is 14.0 Å². The predicted octanol–water partition coefficient (Wildman–Crippen LogP) is 4.51. The number of rotatable bonds is 7. The lowest BCUT2D eigenvalue weighted by Crippen LogP contribution is -2.42. The Kier molecular flexibility index (Phi) is 8.66. The fraction of sp³-hybridized carbons (Fsp3) is 0.500. The molecule has 1 aromatic carbocycles. The molecule has 0 saturated heterocycles. The number of thiazole rings is 1. The lowest BCUT2D eigenvalue weighted by Gasteiger charge is -2.22. The monoisotopic (exact) mass is 542 g/mol. The Morgan fingerprint density at radius 1 is 1.33 bits per heavy atom. The molecule has 1 unspecified atom stereocenters. The van der Waals surface area contributed by atoms with E-state index >= 15 is 0 Å². The van der Waals surface area contributed by atoms with Crippen LogP contribution in [-0.2, 0) is 10.2 Å². The molecule has 0 aliphatic heterocycles. The number of esters is 1. The molecule has 1 atom stereocenters. The van der Waals surface area contributed by atoms with Gasteiger partial charge in [0, 0.05) is 19.0 Å². The first-order valence-corrected chi connectivity index (χ1v) is 10.9. The minimum absolute atomic E-state index is 0. The third-order valence-corrected chi connectivity index (χ3v) is 6.71. The van der Waals surface area contributed by atoms with E-state index in [1.807, 2.05) is 13.8 Å². The van der Waals surface area contributed by atoms with Crippen molar-refractivity contribution in [3.8, 4) is 0 Å². The first-order chi connectivity index (χ1) is 13.9. The second-order valence-electron chi connectivity index (χ2n) is 7.57. The van der Waals surface area contributed by atoms with Gasteiger partial charge in [0.1, 0.15) is 9.88 Å². The average molecular weight is 542 g/mol. The van der Waals surface area contributed by atoms with Crippen molar-refractivity contribution in [2.24, 2.45) is 4.99 Å². The van der Waals surface area contributed by atoms with E-state index in [9.17, 15) is 4.79 Å². The van der Waals surface area contributed by atoms with Crippen LogP contribution >= 0.6 is 35.3 Å². The van der Waals surface area contributed by atoms with Crippen LogP contribution < -0.4 is 10.6 Å². The second-order valence-corrected chi connectivity index (χ2v) is 8.60. The summed E-state index contributed by atoms with van der Waals surface area (Å²) in [5.74, 6) is 0.431. The van der Waals surface area contributed by atoms with Crippen molar-refractivity contribution in [2.45, 2.75) is 52.0 Å². The molecule has 1 aromatic heterocycles. The molecule has 164 valence electrons. The lowest BCUT2D eigenvalue weighted by molar-refractivity contribution is 0.0531. The topological polar surface area (TPSA) is 75.6 Å². The Balaban J connectivity index is 0.00000320. The van der Waals surface area contributed by atoms with Crippen molar-refractivity contribution in [2.75, 3.05) is 20.2 Å². The fourth-order valence-electron chi connectivity index (χ4n) is 3.56. The minimum atomic E-state index is -0.308. The quantitative estimate of drug-likeness (QED) is 0.233.